The number of tetrazole rings is 1. The van der Waals surface area contributed by atoms with E-state index in [0.29, 0.717) is 29.8 Å². The molecule has 0 radical (unpaired) electrons. The van der Waals surface area contributed by atoms with Crippen molar-refractivity contribution >= 4 is 17.6 Å². The molecule has 9 nitrogen and oxygen atoms in total. The van der Waals surface area contributed by atoms with Crippen molar-refractivity contribution in [2.24, 2.45) is 5.73 Å². The normalized spacial score (nSPS) is 10.7. The molecule has 2 heterocycles. The number of nitro groups is 1. The molecule has 0 bridgehead atoms. The molecule has 10 heteroatoms. The third-order valence-corrected chi connectivity index (χ3v) is 2.99. The number of thioether (sulfide) groups is 1. The molecule has 18 heavy (non-hydrogen) atoms. The van der Waals surface area contributed by atoms with Crippen LogP contribution in [0.4, 0.5) is 5.88 Å². The molecule has 0 fully saturated rings. The first-order valence-corrected chi connectivity index (χ1v) is 6.01. The summed E-state index contributed by atoms with van der Waals surface area (Å²) in [5.41, 5.74) is 5.41. The summed E-state index contributed by atoms with van der Waals surface area (Å²) in [5, 5.41) is 22.2. The maximum absolute atomic E-state index is 10.4. The molecule has 96 valence electrons. The Morgan fingerprint density at radius 3 is 3.06 bits per heavy atom. The van der Waals surface area contributed by atoms with Crippen molar-refractivity contribution in [3.8, 4) is 0 Å². The quantitative estimate of drug-likeness (QED) is 0.454. The zero-order valence-corrected chi connectivity index (χ0v) is 10.0. The Balaban J connectivity index is 1.97. The molecule has 2 rings (SSSR count). The molecule has 0 aliphatic rings. The van der Waals surface area contributed by atoms with Crippen molar-refractivity contribution in [1.82, 2.24) is 20.2 Å². The van der Waals surface area contributed by atoms with Gasteiger partial charge in [-0.05, 0) is 16.5 Å². The van der Waals surface area contributed by atoms with E-state index in [9.17, 15) is 10.1 Å². The molecule has 0 saturated carbocycles. The first kappa shape index (κ1) is 12.5. The number of hydrogen-bond acceptors (Lipinski definition) is 8. The van der Waals surface area contributed by atoms with Gasteiger partial charge in [0.15, 0.2) is 0 Å². The van der Waals surface area contributed by atoms with E-state index in [-0.39, 0.29) is 5.88 Å². The van der Waals surface area contributed by atoms with E-state index in [1.807, 2.05) is 0 Å². The van der Waals surface area contributed by atoms with Crippen molar-refractivity contribution in [2.45, 2.75) is 17.5 Å². The van der Waals surface area contributed by atoms with Crippen molar-refractivity contribution in [3.05, 3.63) is 28.0 Å². The second kappa shape index (κ2) is 5.60. The molecule has 0 atom stereocenters. The molecule has 0 amide bonds. The highest BCUT2D eigenvalue weighted by molar-refractivity contribution is 7.98. The van der Waals surface area contributed by atoms with E-state index in [4.69, 9.17) is 10.2 Å². The Morgan fingerprint density at radius 1 is 1.56 bits per heavy atom. The van der Waals surface area contributed by atoms with Crippen LogP contribution in [-0.2, 0) is 12.3 Å². The Kier molecular flexibility index (Phi) is 3.89. The van der Waals surface area contributed by atoms with Gasteiger partial charge in [0.1, 0.15) is 10.7 Å². The van der Waals surface area contributed by atoms with Crippen molar-refractivity contribution in [1.29, 1.82) is 0 Å². The summed E-state index contributed by atoms with van der Waals surface area (Å²) in [6.07, 6.45) is 0. The minimum Gasteiger partial charge on any atom is -0.405 e. The average Bonchev–Trinajstić information content (AvgIpc) is 2.95. The van der Waals surface area contributed by atoms with Gasteiger partial charge in [-0.3, -0.25) is 10.1 Å². The third-order valence-electron chi connectivity index (χ3n) is 2.01. The standard InChI is InChI=1S/C8H10N6O3S/c9-3-4-13-8(10-11-12-13)18-5-6-1-2-7(17-6)14(15)16/h1-2H,3-5,9H2. The lowest BCUT2D eigenvalue weighted by Crippen LogP contribution is -2.12. The largest absolute Gasteiger partial charge is 0.433 e. The molecule has 0 aromatic carbocycles. The van der Waals surface area contributed by atoms with Gasteiger partial charge in [-0.15, -0.1) is 5.10 Å². The molecule has 0 spiro atoms. The van der Waals surface area contributed by atoms with E-state index >= 15 is 0 Å². The minimum absolute atomic E-state index is 0.271. The smallest absolute Gasteiger partial charge is 0.405 e. The fraction of sp³-hybridized carbons (Fsp3) is 0.375. The molecule has 0 saturated heterocycles. The number of rotatable bonds is 6. The summed E-state index contributed by atoms with van der Waals surface area (Å²) < 4.78 is 6.59. The van der Waals surface area contributed by atoms with E-state index in [1.54, 1.807) is 10.7 Å². The Morgan fingerprint density at radius 2 is 2.39 bits per heavy atom. The Labute approximate surface area is 105 Å². The predicted molar refractivity (Wildman–Crippen MR) is 61.8 cm³/mol. The van der Waals surface area contributed by atoms with Crippen LogP contribution in [0.25, 0.3) is 0 Å². The number of hydrogen-bond donors (Lipinski definition) is 1. The van der Waals surface area contributed by atoms with Gasteiger partial charge in [0.25, 0.3) is 0 Å². The molecule has 2 aromatic heterocycles. The maximum Gasteiger partial charge on any atom is 0.433 e. The lowest BCUT2D eigenvalue weighted by atomic mass is 10.5. The number of nitrogens with zero attached hydrogens (tertiary/aromatic N) is 5. The monoisotopic (exact) mass is 270 g/mol. The van der Waals surface area contributed by atoms with E-state index in [0.717, 1.165) is 0 Å². The van der Waals surface area contributed by atoms with Crippen molar-refractivity contribution in [3.63, 3.8) is 0 Å². The van der Waals surface area contributed by atoms with Crippen LogP contribution < -0.4 is 5.73 Å². The van der Waals surface area contributed by atoms with Crippen molar-refractivity contribution in [2.75, 3.05) is 6.54 Å². The minimum atomic E-state index is -0.577. The van der Waals surface area contributed by atoms with Crippen LogP contribution in [0.15, 0.2) is 21.7 Å². The number of aromatic nitrogens is 4. The molecule has 0 aliphatic heterocycles. The number of nitrogens with two attached hydrogens (primary N) is 1. The fourth-order valence-electron chi connectivity index (χ4n) is 1.24. The van der Waals surface area contributed by atoms with Gasteiger partial charge in [0.05, 0.1) is 18.4 Å². The summed E-state index contributed by atoms with van der Waals surface area (Å²) in [4.78, 5) is 9.86. The van der Waals surface area contributed by atoms with Crippen LogP contribution in [0.1, 0.15) is 5.76 Å². The third kappa shape index (κ3) is 2.84. The second-order valence-corrected chi connectivity index (χ2v) is 4.20. The lowest BCUT2D eigenvalue weighted by molar-refractivity contribution is -0.402. The lowest BCUT2D eigenvalue weighted by Gasteiger charge is -2.00. The van der Waals surface area contributed by atoms with Gasteiger partial charge in [-0.1, -0.05) is 11.8 Å². The number of furan rings is 1. The van der Waals surface area contributed by atoms with Crippen LogP contribution in [0.3, 0.4) is 0 Å². The Bertz CT molecular complexity index is 538. The summed E-state index contributed by atoms with van der Waals surface area (Å²) in [5.74, 6) is 0.639. The zero-order valence-electron chi connectivity index (χ0n) is 9.22. The molecular weight excluding hydrogens is 260 g/mol. The first-order valence-electron chi connectivity index (χ1n) is 5.03. The van der Waals surface area contributed by atoms with Gasteiger partial charge < -0.3 is 10.2 Å². The maximum atomic E-state index is 10.4. The van der Waals surface area contributed by atoms with Crippen molar-refractivity contribution < 1.29 is 9.34 Å². The molecular formula is C8H10N6O3S. The van der Waals surface area contributed by atoms with Gasteiger partial charge in [-0.25, -0.2) is 4.68 Å². The topological polar surface area (TPSA) is 126 Å². The summed E-state index contributed by atoms with van der Waals surface area (Å²) in [7, 11) is 0. The highest BCUT2D eigenvalue weighted by Crippen LogP contribution is 2.23. The van der Waals surface area contributed by atoms with Crippen LogP contribution in [0, 0.1) is 10.1 Å². The van der Waals surface area contributed by atoms with Crippen LogP contribution >= 0.6 is 11.8 Å². The van der Waals surface area contributed by atoms with E-state index in [2.05, 4.69) is 15.5 Å². The van der Waals surface area contributed by atoms with E-state index < -0.39 is 4.92 Å². The molecule has 0 aliphatic carbocycles. The average molecular weight is 270 g/mol. The first-order chi connectivity index (χ1) is 8.70. The second-order valence-electron chi connectivity index (χ2n) is 3.26. The predicted octanol–water partition coefficient (Wildman–Crippen LogP) is 0.425. The van der Waals surface area contributed by atoms with Gasteiger partial charge in [0, 0.05) is 6.54 Å². The van der Waals surface area contributed by atoms with Gasteiger partial charge in [-0.2, -0.15) is 0 Å². The molecule has 2 aromatic rings. The van der Waals surface area contributed by atoms with Crippen LogP contribution in [0.5, 0.6) is 0 Å². The molecule has 0 unspecified atom stereocenters. The van der Waals surface area contributed by atoms with Crippen LogP contribution in [0.2, 0.25) is 0 Å². The van der Waals surface area contributed by atoms with Crippen LogP contribution in [-0.4, -0.2) is 31.7 Å². The van der Waals surface area contributed by atoms with Gasteiger partial charge in [0.2, 0.25) is 5.16 Å². The SMILES string of the molecule is NCCn1nnnc1SCc1ccc([N+](=O)[O-])o1. The highest BCUT2D eigenvalue weighted by Gasteiger charge is 2.13. The summed E-state index contributed by atoms with van der Waals surface area (Å²) in [6.45, 7) is 0.957. The zero-order chi connectivity index (χ0) is 13.0. The summed E-state index contributed by atoms with van der Waals surface area (Å²) in [6, 6.07) is 2.88. The Hall–Kier alpha value is -1.94. The van der Waals surface area contributed by atoms with Gasteiger partial charge >= 0.3 is 5.88 Å². The fourth-order valence-corrected chi connectivity index (χ4v) is 2.04. The highest BCUT2D eigenvalue weighted by atomic mass is 32.2. The summed E-state index contributed by atoms with van der Waals surface area (Å²) >= 11 is 1.33. The van der Waals surface area contributed by atoms with E-state index in [1.165, 1.54) is 17.8 Å². The molecule has 2 N–H and O–H groups in total.